The van der Waals surface area contributed by atoms with E-state index in [2.05, 4.69) is 49.0 Å². The number of pyridine rings is 1. The van der Waals surface area contributed by atoms with Crippen LogP contribution in [0.2, 0.25) is 0 Å². The number of aryl methyl sites for hydroxylation is 1. The first-order valence-electron chi connectivity index (χ1n) is 5.89. The molecule has 1 saturated heterocycles. The van der Waals surface area contributed by atoms with E-state index in [0.717, 1.165) is 18.9 Å². The lowest BCUT2D eigenvalue weighted by Gasteiger charge is -2.43. The normalized spacial score (nSPS) is 17.4. The monoisotopic (exact) mass is 219 g/mol. The van der Waals surface area contributed by atoms with Gasteiger partial charge in [-0.15, -0.1) is 0 Å². The summed E-state index contributed by atoms with van der Waals surface area (Å²) in [6.45, 7) is 10.9. The summed E-state index contributed by atoms with van der Waals surface area (Å²) in [4.78, 5) is 6.71. The summed E-state index contributed by atoms with van der Waals surface area (Å²) >= 11 is 0. The molecule has 0 radical (unpaired) electrons. The molecule has 0 atom stereocenters. The van der Waals surface area contributed by atoms with Crippen LogP contribution in [0, 0.1) is 6.92 Å². The molecule has 1 aromatic heterocycles. The van der Waals surface area contributed by atoms with Crippen molar-refractivity contribution in [2.75, 3.05) is 18.0 Å². The lowest BCUT2D eigenvalue weighted by molar-refractivity contribution is 0.315. The molecule has 1 aromatic rings. The van der Waals surface area contributed by atoms with E-state index in [1.807, 2.05) is 12.3 Å². The summed E-state index contributed by atoms with van der Waals surface area (Å²) in [7, 11) is 0. The minimum Gasteiger partial charge on any atom is -0.353 e. The molecule has 16 heavy (non-hydrogen) atoms. The van der Waals surface area contributed by atoms with E-state index in [-0.39, 0.29) is 5.54 Å². The average Bonchev–Trinajstić information content (AvgIpc) is 2.09. The van der Waals surface area contributed by atoms with Crippen LogP contribution in [0.1, 0.15) is 26.3 Å². The Hall–Kier alpha value is -1.09. The molecule has 88 valence electrons. The van der Waals surface area contributed by atoms with Crippen LogP contribution in [-0.4, -0.2) is 29.7 Å². The van der Waals surface area contributed by atoms with Gasteiger partial charge in [-0.05, 0) is 45.4 Å². The van der Waals surface area contributed by atoms with Crippen LogP contribution in [0.25, 0.3) is 0 Å². The third kappa shape index (κ3) is 2.73. The van der Waals surface area contributed by atoms with Crippen LogP contribution in [-0.2, 0) is 0 Å². The van der Waals surface area contributed by atoms with E-state index in [0.29, 0.717) is 6.04 Å². The summed E-state index contributed by atoms with van der Waals surface area (Å²) in [5.41, 5.74) is 1.48. The second-order valence-corrected chi connectivity index (χ2v) is 5.69. The van der Waals surface area contributed by atoms with Crippen LogP contribution in [0.15, 0.2) is 18.3 Å². The first kappa shape index (κ1) is 11.4. The van der Waals surface area contributed by atoms with Gasteiger partial charge in [0.2, 0.25) is 0 Å². The molecule has 3 nitrogen and oxygen atoms in total. The smallest absolute Gasteiger partial charge is 0.128 e. The third-order valence-corrected chi connectivity index (χ3v) is 2.74. The van der Waals surface area contributed by atoms with Crippen molar-refractivity contribution in [2.24, 2.45) is 0 Å². The molecule has 0 bridgehead atoms. The van der Waals surface area contributed by atoms with Crippen LogP contribution in [0.4, 0.5) is 5.82 Å². The van der Waals surface area contributed by atoms with Gasteiger partial charge in [0.25, 0.3) is 0 Å². The van der Waals surface area contributed by atoms with E-state index in [9.17, 15) is 0 Å². The fourth-order valence-electron chi connectivity index (χ4n) is 2.06. The number of hydrogen-bond acceptors (Lipinski definition) is 3. The molecule has 1 N–H and O–H groups in total. The van der Waals surface area contributed by atoms with Gasteiger partial charge < -0.3 is 10.2 Å². The van der Waals surface area contributed by atoms with Gasteiger partial charge in [0.1, 0.15) is 5.82 Å². The predicted molar refractivity (Wildman–Crippen MR) is 67.9 cm³/mol. The van der Waals surface area contributed by atoms with Gasteiger partial charge in [-0.3, -0.25) is 0 Å². The fourth-order valence-corrected chi connectivity index (χ4v) is 2.06. The molecule has 1 fully saturated rings. The highest BCUT2D eigenvalue weighted by Crippen LogP contribution is 2.20. The second kappa shape index (κ2) is 4.06. The number of hydrogen-bond donors (Lipinski definition) is 1. The summed E-state index contributed by atoms with van der Waals surface area (Å²) in [6.07, 6.45) is 1.88. The Kier molecular flexibility index (Phi) is 2.89. The van der Waals surface area contributed by atoms with Crippen LogP contribution < -0.4 is 10.2 Å². The highest BCUT2D eigenvalue weighted by atomic mass is 15.3. The first-order valence-corrected chi connectivity index (χ1v) is 5.89. The van der Waals surface area contributed by atoms with Crippen molar-refractivity contribution in [1.29, 1.82) is 0 Å². The molecule has 2 heterocycles. The number of nitrogens with one attached hydrogen (secondary N) is 1. The second-order valence-electron chi connectivity index (χ2n) is 5.69. The first-order chi connectivity index (χ1) is 7.44. The Morgan fingerprint density at radius 1 is 1.38 bits per heavy atom. The van der Waals surface area contributed by atoms with Crippen molar-refractivity contribution < 1.29 is 0 Å². The number of anilines is 1. The maximum absolute atomic E-state index is 4.39. The van der Waals surface area contributed by atoms with Gasteiger partial charge in [0, 0.05) is 30.9 Å². The quantitative estimate of drug-likeness (QED) is 0.824. The molecule has 0 unspecified atom stereocenters. The SMILES string of the molecule is Cc1ccnc(N2CC(NC(C)(C)C)C2)c1. The Balaban J connectivity index is 1.89. The van der Waals surface area contributed by atoms with Crippen molar-refractivity contribution in [3.05, 3.63) is 23.9 Å². The van der Waals surface area contributed by atoms with Gasteiger partial charge in [-0.25, -0.2) is 4.98 Å². The van der Waals surface area contributed by atoms with Gasteiger partial charge in [0.05, 0.1) is 0 Å². The molecule has 0 saturated carbocycles. The van der Waals surface area contributed by atoms with Gasteiger partial charge in [-0.2, -0.15) is 0 Å². The third-order valence-electron chi connectivity index (χ3n) is 2.74. The number of rotatable bonds is 2. The molecular weight excluding hydrogens is 198 g/mol. The molecule has 0 aliphatic carbocycles. The van der Waals surface area contributed by atoms with Crippen molar-refractivity contribution >= 4 is 5.82 Å². The highest BCUT2D eigenvalue weighted by molar-refractivity contribution is 5.44. The van der Waals surface area contributed by atoms with E-state index in [1.54, 1.807) is 0 Å². The van der Waals surface area contributed by atoms with Gasteiger partial charge >= 0.3 is 0 Å². The lowest BCUT2D eigenvalue weighted by Crippen LogP contribution is -2.62. The average molecular weight is 219 g/mol. The maximum Gasteiger partial charge on any atom is 0.128 e. The van der Waals surface area contributed by atoms with E-state index >= 15 is 0 Å². The van der Waals surface area contributed by atoms with Crippen molar-refractivity contribution in [3.8, 4) is 0 Å². The minimum atomic E-state index is 0.205. The molecule has 0 aromatic carbocycles. The molecule has 3 heteroatoms. The topological polar surface area (TPSA) is 28.2 Å². The van der Waals surface area contributed by atoms with Crippen LogP contribution in [0.3, 0.4) is 0 Å². The fraction of sp³-hybridized carbons (Fsp3) is 0.615. The number of aromatic nitrogens is 1. The Bertz CT molecular complexity index is 362. The molecule has 1 aliphatic rings. The molecular formula is C13H21N3. The van der Waals surface area contributed by atoms with Crippen LogP contribution >= 0.6 is 0 Å². The Morgan fingerprint density at radius 2 is 2.06 bits per heavy atom. The van der Waals surface area contributed by atoms with E-state index in [1.165, 1.54) is 5.56 Å². The summed E-state index contributed by atoms with van der Waals surface area (Å²) in [5.74, 6) is 1.10. The zero-order valence-corrected chi connectivity index (χ0v) is 10.6. The minimum absolute atomic E-state index is 0.205. The van der Waals surface area contributed by atoms with Crippen molar-refractivity contribution in [1.82, 2.24) is 10.3 Å². The number of nitrogens with zero attached hydrogens (tertiary/aromatic N) is 2. The van der Waals surface area contributed by atoms with Crippen LogP contribution in [0.5, 0.6) is 0 Å². The molecule has 0 amide bonds. The highest BCUT2D eigenvalue weighted by Gasteiger charge is 2.30. The molecule has 1 aliphatic heterocycles. The summed E-state index contributed by atoms with van der Waals surface area (Å²) < 4.78 is 0. The zero-order chi connectivity index (χ0) is 11.8. The van der Waals surface area contributed by atoms with Crippen molar-refractivity contribution in [3.63, 3.8) is 0 Å². The van der Waals surface area contributed by atoms with E-state index in [4.69, 9.17) is 0 Å². The predicted octanol–water partition coefficient (Wildman–Crippen LogP) is 1.97. The van der Waals surface area contributed by atoms with Gasteiger partial charge in [-0.1, -0.05) is 0 Å². The zero-order valence-electron chi connectivity index (χ0n) is 10.6. The largest absolute Gasteiger partial charge is 0.353 e. The van der Waals surface area contributed by atoms with Gasteiger partial charge in [0.15, 0.2) is 0 Å². The Labute approximate surface area is 97.9 Å². The molecule has 2 rings (SSSR count). The summed E-state index contributed by atoms with van der Waals surface area (Å²) in [5, 5.41) is 3.60. The van der Waals surface area contributed by atoms with Crippen molar-refractivity contribution in [2.45, 2.75) is 39.3 Å². The lowest BCUT2D eigenvalue weighted by atomic mass is 10.0. The summed E-state index contributed by atoms with van der Waals surface area (Å²) in [6, 6.07) is 4.78. The maximum atomic E-state index is 4.39. The van der Waals surface area contributed by atoms with E-state index < -0.39 is 0 Å². The Morgan fingerprint density at radius 3 is 2.62 bits per heavy atom. The molecule has 0 spiro atoms. The standard InChI is InChI=1S/C13H21N3/c1-10-5-6-14-12(7-10)16-8-11(9-16)15-13(2,3)4/h5-7,11,15H,8-9H2,1-4H3.